The smallest absolute Gasteiger partial charge is 0.404 e. The van der Waals surface area contributed by atoms with Gasteiger partial charge in [0.25, 0.3) is 0 Å². The number of carboxylic acid groups (broad SMARTS) is 1. The SMILES string of the molecule is O=C(O)NC1CCN(Cc2ccn3ncnc(Nc4ccc(O)c(Cl)c4)c23)CC1. The van der Waals surface area contributed by atoms with E-state index in [4.69, 9.17) is 16.7 Å². The van der Waals surface area contributed by atoms with E-state index in [0.29, 0.717) is 18.1 Å². The molecule has 1 aliphatic heterocycles. The van der Waals surface area contributed by atoms with E-state index in [1.807, 2.05) is 12.3 Å². The highest BCUT2D eigenvalue weighted by Gasteiger charge is 2.22. The number of rotatable bonds is 5. The van der Waals surface area contributed by atoms with E-state index in [9.17, 15) is 9.90 Å². The number of hydrogen-bond acceptors (Lipinski definition) is 6. The molecular weight excluding hydrogens is 396 g/mol. The molecule has 3 heterocycles. The maximum Gasteiger partial charge on any atom is 0.404 e. The van der Waals surface area contributed by atoms with E-state index in [2.05, 4.69) is 25.6 Å². The number of hydrogen-bond donors (Lipinski definition) is 4. The van der Waals surface area contributed by atoms with E-state index < -0.39 is 6.09 Å². The van der Waals surface area contributed by atoms with Gasteiger partial charge in [0.1, 0.15) is 17.6 Å². The molecule has 1 aliphatic rings. The first-order chi connectivity index (χ1) is 14.0. The summed E-state index contributed by atoms with van der Waals surface area (Å²) in [5, 5.41) is 28.8. The standard InChI is InChI=1S/C19H21ClN6O3/c20-15-9-14(1-2-16(15)27)23-18-17-12(3-8-26(17)22-11-21-18)10-25-6-4-13(5-7-25)24-19(28)29/h1-3,8-9,11,13,24,27H,4-7,10H2,(H,28,29)(H,21,22,23). The van der Waals surface area contributed by atoms with Crippen molar-refractivity contribution in [3.05, 3.63) is 47.4 Å². The molecule has 0 radical (unpaired) electrons. The molecule has 4 rings (SSSR count). The number of nitrogens with one attached hydrogen (secondary N) is 2. The van der Waals surface area contributed by atoms with Crippen molar-refractivity contribution in [2.75, 3.05) is 18.4 Å². The number of amides is 1. The molecule has 0 saturated carbocycles. The first-order valence-electron chi connectivity index (χ1n) is 9.28. The number of fused-ring (bicyclic) bond motifs is 1. The molecule has 2 aromatic heterocycles. The molecule has 152 valence electrons. The summed E-state index contributed by atoms with van der Waals surface area (Å²) < 4.78 is 1.77. The van der Waals surface area contributed by atoms with Crippen molar-refractivity contribution in [3.8, 4) is 5.75 Å². The molecule has 9 nitrogen and oxygen atoms in total. The van der Waals surface area contributed by atoms with E-state index >= 15 is 0 Å². The fourth-order valence-electron chi connectivity index (χ4n) is 3.61. The van der Waals surface area contributed by atoms with Crippen LogP contribution in [0, 0.1) is 0 Å². The predicted molar refractivity (Wildman–Crippen MR) is 109 cm³/mol. The third-order valence-corrected chi connectivity index (χ3v) is 5.36. The number of anilines is 2. The van der Waals surface area contributed by atoms with Crippen LogP contribution in [-0.4, -0.2) is 54.9 Å². The zero-order valence-electron chi connectivity index (χ0n) is 15.5. The van der Waals surface area contributed by atoms with E-state index in [0.717, 1.165) is 37.0 Å². The van der Waals surface area contributed by atoms with Gasteiger partial charge in [-0.3, -0.25) is 4.90 Å². The van der Waals surface area contributed by atoms with E-state index in [-0.39, 0.29) is 16.8 Å². The van der Waals surface area contributed by atoms with Crippen LogP contribution in [0.2, 0.25) is 5.02 Å². The monoisotopic (exact) mass is 416 g/mol. The fourth-order valence-corrected chi connectivity index (χ4v) is 3.79. The summed E-state index contributed by atoms with van der Waals surface area (Å²) in [7, 11) is 0. The van der Waals surface area contributed by atoms with Gasteiger partial charge in [0.05, 0.1) is 5.02 Å². The third kappa shape index (κ3) is 4.36. The molecule has 10 heteroatoms. The van der Waals surface area contributed by atoms with Gasteiger partial charge in [-0.05, 0) is 42.7 Å². The van der Waals surface area contributed by atoms with Crippen LogP contribution in [0.15, 0.2) is 36.8 Å². The molecule has 0 atom stereocenters. The normalized spacial score (nSPS) is 15.5. The molecule has 1 fully saturated rings. The van der Waals surface area contributed by atoms with Crippen LogP contribution in [0.4, 0.5) is 16.3 Å². The van der Waals surface area contributed by atoms with Gasteiger partial charge in [-0.1, -0.05) is 11.6 Å². The Hall–Kier alpha value is -3.04. The van der Waals surface area contributed by atoms with Crippen molar-refractivity contribution in [2.45, 2.75) is 25.4 Å². The first-order valence-corrected chi connectivity index (χ1v) is 9.66. The minimum absolute atomic E-state index is 0.00865. The molecule has 4 N–H and O–H groups in total. The van der Waals surface area contributed by atoms with Gasteiger partial charge in [0.15, 0.2) is 5.82 Å². The molecule has 0 aliphatic carbocycles. The Bertz CT molecular complexity index is 1030. The zero-order chi connectivity index (χ0) is 20.4. The number of likely N-dealkylation sites (tertiary alicyclic amines) is 1. The van der Waals surface area contributed by atoms with Crippen molar-refractivity contribution < 1.29 is 15.0 Å². The van der Waals surface area contributed by atoms with Crippen LogP contribution >= 0.6 is 11.6 Å². The highest BCUT2D eigenvalue weighted by molar-refractivity contribution is 6.32. The Labute approximate surface area is 171 Å². The summed E-state index contributed by atoms with van der Waals surface area (Å²) in [5.74, 6) is 0.665. The van der Waals surface area contributed by atoms with Crippen molar-refractivity contribution in [1.82, 2.24) is 24.8 Å². The Morgan fingerprint density at radius 3 is 2.79 bits per heavy atom. The summed E-state index contributed by atoms with van der Waals surface area (Å²) in [6, 6.07) is 6.91. The molecular formula is C19H21ClN6O3. The van der Waals surface area contributed by atoms with E-state index in [1.165, 1.54) is 12.4 Å². The molecule has 3 aromatic rings. The van der Waals surface area contributed by atoms with Gasteiger partial charge < -0.3 is 20.8 Å². The number of benzene rings is 1. The number of carbonyl (C=O) groups is 1. The average molecular weight is 417 g/mol. The van der Waals surface area contributed by atoms with E-state index in [1.54, 1.807) is 16.6 Å². The Morgan fingerprint density at radius 2 is 2.07 bits per heavy atom. The topological polar surface area (TPSA) is 115 Å². The molecule has 0 bridgehead atoms. The van der Waals surface area contributed by atoms with Crippen molar-refractivity contribution >= 4 is 34.7 Å². The molecule has 0 spiro atoms. The molecule has 1 amide bonds. The Balaban J connectivity index is 1.52. The largest absolute Gasteiger partial charge is 0.506 e. The second-order valence-corrected chi connectivity index (χ2v) is 7.44. The highest BCUT2D eigenvalue weighted by atomic mass is 35.5. The van der Waals surface area contributed by atoms with Gasteiger partial charge in [0, 0.05) is 37.6 Å². The summed E-state index contributed by atoms with van der Waals surface area (Å²) in [6.07, 6.45) is 3.96. The fraction of sp³-hybridized carbons (Fsp3) is 0.316. The second kappa shape index (κ2) is 8.14. The van der Waals surface area contributed by atoms with Crippen LogP contribution in [0.3, 0.4) is 0 Å². The zero-order valence-corrected chi connectivity index (χ0v) is 16.3. The summed E-state index contributed by atoms with van der Waals surface area (Å²) >= 11 is 6.00. The lowest BCUT2D eigenvalue weighted by Crippen LogP contribution is -2.43. The Kier molecular flexibility index (Phi) is 5.41. The van der Waals surface area contributed by atoms with Crippen LogP contribution in [0.5, 0.6) is 5.75 Å². The Morgan fingerprint density at radius 1 is 1.28 bits per heavy atom. The van der Waals surface area contributed by atoms with Gasteiger partial charge in [-0.15, -0.1) is 0 Å². The number of phenols is 1. The van der Waals surface area contributed by atoms with Gasteiger partial charge in [-0.2, -0.15) is 5.10 Å². The quantitative estimate of drug-likeness (QED) is 0.472. The molecule has 1 saturated heterocycles. The minimum Gasteiger partial charge on any atom is -0.506 e. The molecule has 1 aromatic carbocycles. The number of piperidine rings is 1. The highest BCUT2D eigenvalue weighted by Crippen LogP contribution is 2.29. The number of nitrogens with zero attached hydrogens (tertiary/aromatic N) is 4. The summed E-state index contributed by atoms with van der Waals surface area (Å²) in [6.45, 7) is 2.34. The summed E-state index contributed by atoms with van der Waals surface area (Å²) in [4.78, 5) is 17.5. The van der Waals surface area contributed by atoms with Gasteiger partial charge in [-0.25, -0.2) is 14.3 Å². The summed E-state index contributed by atoms with van der Waals surface area (Å²) in [5.41, 5.74) is 2.64. The van der Waals surface area contributed by atoms with Gasteiger partial charge in [0.2, 0.25) is 0 Å². The van der Waals surface area contributed by atoms with Crippen LogP contribution in [0.25, 0.3) is 5.52 Å². The number of halogens is 1. The number of aromatic nitrogens is 3. The molecule has 0 unspecified atom stereocenters. The molecule has 29 heavy (non-hydrogen) atoms. The minimum atomic E-state index is -0.968. The lowest BCUT2D eigenvalue weighted by atomic mass is 10.0. The van der Waals surface area contributed by atoms with Crippen molar-refractivity contribution in [1.29, 1.82) is 0 Å². The number of phenolic OH excluding ortho intramolecular Hbond substituents is 1. The van der Waals surface area contributed by atoms with Crippen molar-refractivity contribution in [2.24, 2.45) is 0 Å². The second-order valence-electron chi connectivity index (χ2n) is 7.03. The first kappa shape index (κ1) is 19.3. The maximum absolute atomic E-state index is 10.8. The van der Waals surface area contributed by atoms with Crippen LogP contribution in [-0.2, 0) is 6.54 Å². The average Bonchev–Trinajstić information content (AvgIpc) is 3.10. The predicted octanol–water partition coefficient (Wildman–Crippen LogP) is 3.06. The number of aromatic hydroxyl groups is 1. The lowest BCUT2D eigenvalue weighted by molar-refractivity contribution is 0.165. The lowest BCUT2D eigenvalue weighted by Gasteiger charge is -2.31. The van der Waals surface area contributed by atoms with Crippen LogP contribution in [0.1, 0.15) is 18.4 Å². The van der Waals surface area contributed by atoms with Crippen LogP contribution < -0.4 is 10.6 Å². The maximum atomic E-state index is 10.8. The third-order valence-electron chi connectivity index (χ3n) is 5.06. The van der Waals surface area contributed by atoms with Gasteiger partial charge >= 0.3 is 6.09 Å². The van der Waals surface area contributed by atoms with Crippen molar-refractivity contribution in [3.63, 3.8) is 0 Å².